The molecule has 1 atom stereocenters. The molecule has 2 aromatic carbocycles. The summed E-state index contributed by atoms with van der Waals surface area (Å²) in [6.45, 7) is 1.51. The van der Waals surface area contributed by atoms with Crippen LogP contribution in [0.2, 0.25) is 0 Å². The minimum atomic E-state index is -0.332. The molecule has 1 N–H and O–H groups in total. The Labute approximate surface area is 179 Å². The molecular weight excluding hydrogens is 392 g/mol. The van der Waals surface area contributed by atoms with Crippen molar-refractivity contribution in [1.29, 1.82) is 0 Å². The zero-order valence-corrected chi connectivity index (χ0v) is 17.1. The fourth-order valence-electron chi connectivity index (χ4n) is 3.95. The maximum atomic E-state index is 12.8. The first-order chi connectivity index (χ1) is 15.1. The SMILES string of the molecule is CC(=O)N1C=Cc2ccccc2[C@@H]1CC(=O)Nc1ccc(-c2nnnn2C2CC2)cc1. The molecule has 2 heterocycles. The van der Waals surface area contributed by atoms with Gasteiger partial charge in [0.15, 0.2) is 5.82 Å². The van der Waals surface area contributed by atoms with Crippen LogP contribution in [0.5, 0.6) is 0 Å². The van der Waals surface area contributed by atoms with Gasteiger partial charge in [-0.15, -0.1) is 5.10 Å². The standard InChI is InChI=1S/C23H22N6O2/c1-15(30)28-13-12-16-4-2-3-5-20(16)21(28)14-22(31)24-18-8-6-17(7-9-18)23-25-26-27-29(23)19-10-11-19/h2-9,12-13,19,21H,10-11,14H2,1H3,(H,24,31)/t21-/m0/s1. The second kappa shape index (κ2) is 7.79. The molecule has 8 heteroatoms. The zero-order chi connectivity index (χ0) is 21.4. The summed E-state index contributed by atoms with van der Waals surface area (Å²) in [4.78, 5) is 26.5. The molecule has 1 saturated carbocycles. The summed E-state index contributed by atoms with van der Waals surface area (Å²) >= 11 is 0. The first-order valence-electron chi connectivity index (χ1n) is 10.3. The molecule has 0 radical (unpaired) electrons. The second-order valence-corrected chi connectivity index (χ2v) is 7.89. The lowest BCUT2D eigenvalue weighted by molar-refractivity contribution is -0.129. The molecule has 0 bridgehead atoms. The minimum Gasteiger partial charge on any atom is -0.326 e. The van der Waals surface area contributed by atoms with Crippen molar-refractivity contribution in [3.05, 3.63) is 65.9 Å². The molecule has 0 saturated heterocycles. The average Bonchev–Trinajstić information content (AvgIpc) is 3.50. The van der Waals surface area contributed by atoms with E-state index in [4.69, 9.17) is 0 Å². The van der Waals surface area contributed by atoms with Crippen molar-refractivity contribution in [2.24, 2.45) is 0 Å². The van der Waals surface area contributed by atoms with Crippen LogP contribution in [0.3, 0.4) is 0 Å². The number of carbonyl (C=O) groups is 2. The van der Waals surface area contributed by atoms with Gasteiger partial charge in [-0.05, 0) is 64.7 Å². The average molecular weight is 414 g/mol. The molecule has 8 nitrogen and oxygen atoms in total. The Hall–Kier alpha value is -3.81. The van der Waals surface area contributed by atoms with Crippen LogP contribution in [0.1, 0.15) is 49.4 Å². The van der Waals surface area contributed by atoms with E-state index in [2.05, 4.69) is 20.8 Å². The Morgan fingerprint density at radius 2 is 1.87 bits per heavy atom. The Bertz CT molecular complexity index is 1160. The highest BCUT2D eigenvalue weighted by atomic mass is 16.2. The molecule has 2 amide bonds. The van der Waals surface area contributed by atoms with Crippen LogP contribution in [-0.2, 0) is 9.59 Å². The first-order valence-corrected chi connectivity index (χ1v) is 10.3. The Morgan fingerprint density at radius 3 is 2.61 bits per heavy atom. The monoisotopic (exact) mass is 414 g/mol. The van der Waals surface area contributed by atoms with Gasteiger partial charge in [0.2, 0.25) is 11.8 Å². The van der Waals surface area contributed by atoms with E-state index < -0.39 is 0 Å². The number of amides is 2. The lowest BCUT2D eigenvalue weighted by Crippen LogP contribution is -2.33. The van der Waals surface area contributed by atoms with Crippen LogP contribution in [0.4, 0.5) is 5.69 Å². The van der Waals surface area contributed by atoms with E-state index in [0.717, 1.165) is 35.4 Å². The molecule has 1 aliphatic carbocycles. The third-order valence-electron chi connectivity index (χ3n) is 5.66. The predicted molar refractivity (Wildman–Crippen MR) is 116 cm³/mol. The minimum absolute atomic E-state index is 0.0960. The summed E-state index contributed by atoms with van der Waals surface area (Å²) < 4.78 is 1.86. The van der Waals surface area contributed by atoms with Crippen molar-refractivity contribution in [2.45, 2.75) is 38.3 Å². The van der Waals surface area contributed by atoms with Gasteiger partial charge >= 0.3 is 0 Å². The largest absolute Gasteiger partial charge is 0.326 e. The molecule has 1 fully saturated rings. The van der Waals surface area contributed by atoms with Gasteiger partial charge < -0.3 is 10.2 Å². The number of carbonyl (C=O) groups excluding carboxylic acids is 2. The van der Waals surface area contributed by atoms with Crippen LogP contribution < -0.4 is 5.32 Å². The molecule has 5 rings (SSSR count). The van der Waals surface area contributed by atoms with Gasteiger partial charge in [-0.25, -0.2) is 4.68 Å². The second-order valence-electron chi connectivity index (χ2n) is 7.89. The Kier molecular flexibility index (Phi) is 4.82. The van der Waals surface area contributed by atoms with Crippen molar-refractivity contribution in [2.75, 3.05) is 5.32 Å². The molecule has 2 aliphatic rings. The molecular formula is C23H22N6O2. The highest BCUT2D eigenvalue weighted by Gasteiger charge is 2.29. The number of anilines is 1. The van der Waals surface area contributed by atoms with E-state index in [1.54, 1.807) is 11.1 Å². The Morgan fingerprint density at radius 1 is 1.10 bits per heavy atom. The van der Waals surface area contributed by atoms with Gasteiger partial charge in [-0.3, -0.25) is 9.59 Å². The fraction of sp³-hybridized carbons (Fsp3) is 0.261. The van der Waals surface area contributed by atoms with Gasteiger partial charge in [-0.1, -0.05) is 24.3 Å². The number of nitrogens with one attached hydrogen (secondary N) is 1. The van der Waals surface area contributed by atoms with Crippen LogP contribution in [0, 0.1) is 0 Å². The van der Waals surface area contributed by atoms with E-state index in [9.17, 15) is 9.59 Å². The van der Waals surface area contributed by atoms with Crippen LogP contribution in [-0.4, -0.2) is 36.9 Å². The number of hydrogen-bond donors (Lipinski definition) is 1. The molecule has 156 valence electrons. The van der Waals surface area contributed by atoms with E-state index >= 15 is 0 Å². The summed E-state index contributed by atoms with van der Waals surface area (Å²) in [6.07, 6.45) is 6.02. The lowest BCUT2D eigenvalue weighted by atomic mass is 9.93. The number of hydrogen-bond acceptors (Lipinski definition) is 5. The molecule has 0 spiro atoms. The van der Waals surface area contributed by atoms with Gasteiger partial charge in [-0.2, -0.15) is 0 Å². The van der Waals surface area contributed by atoms with Crippen molar-refractivity contribution in [1.82, 2.24) is 25.1 Å². The highest BCUT2D eigenvalue weighted by Crippen LogP contribution is 2.37. The smallest absolute Gasteiger partial charge is 0.226 e. The van der Waals surface area contributed by atoms with Crippen LogP contribution in [0.15, 0.2) is 54.7 Å². The highest BCUT2D eigenvalue weighted by molar-refractivity contribution is 5.92. The maximum absolute atomic E-state index is 12.8. The van der Waals surface area contributed by atoms with Gasteiger partial charge in [0.1, 0.15) is 0 Å². The summed E-state index contributed by atoms with van der Waals surface area (Å²) in [6, 6.07) is 15.4. The summed E-state index contributed by atoms with van der Waals surface area (Å²) in [5, 5.41) is 14.9. The quantitative estimate of drug-likeness (QED) is 0.689. The van der Waals surface area contributed by atoms with Crippen LogP contribution >= 0.6 is 0 Å². The number of fused-ring (bicyclic) bond motifs is 1. The van der Waals surface area contributed by atoms with Crippen molar-refractivity contribution >= 4 is 23.6 Å². The van der Waals surface area contributed by atoms with Crippen LogP contribution in [0.25, 0.3) is 17.5 Å². The third kappa shape index (κ3) is 3.84. The van der Waals surface area contributed by atoms with E-state index in [1.165, 1.54) is 6.92 Å². The number of benzene rings is 2. The van der Waals surface area contributed by atoms with Crippen molar-refractivity contribution in [3.8, 4) is 11.4 Å². The number of tetrazole rings is 1. The molecule has 1 aromatic heterocycles. The molecule has 3 aromatic rings. The maximum Gasteiger partial charge on any atom is 0.226 e. The molecule has 0 unspecified atom stereocenters. The Balaban J connectivity index is 1.30. The predicted octanol–water partition coefficient (Wildman–Crippen LogP) is 3.58. The van der Waals surface area contributed by atoms with E-state index in [0.29, 0.717) is 11.7 Å². The van der Waals surface area contributed by atoms with Gasteiger partial charge in [0.05, 0.1) is 18.5 Å². The van der Waals surface area contributed by atoms with E-state index in [-0.39, 0.29) is 24.3 Å². The number of rotatable bonds is 5. The number of nitrogens with zero attached hydrogens (tertiary/aromatic N) is 5. The third-order valence-corrected chi connectivity index (χ3v) is 5.66. The normalized spacial score (nSPS) is 17.3. The fourth-order valence-corrected chi connectivity index (χ4v) is 3.95. The summed E-state index contributed by atoms with van der Waals surface area (Å²) in [7, 11) is 0. The summed E-state index contributed by atoms with van der Waals surface area (Å²) in [5.41, 5.74) is 3.59. The first kappa shape index (κ1) is 19.2. The van der Waals surface area contributed by atoms with Gasteiger partial charge in [0, 0.05) is 24.4 Å². The van der Waals surface area contributed by atoms with Gasteiger partial charge in [0.25, 0.3) is 0 Å². The van der Waals surface area contributed by atoms with Crippen molar-refractivity contribution < 1.29 is 9.59 Å². The molecule has 31 heavy (non-hydrogen) atoms. The summed E-state index contributed by atoms with van der Waals surface area (Å²) in [5.74, 6) is 0.487. The van der Waals surface area contributed by atoms with Crippen molar-refractivity contribution in [3.63, 3.8) is 0 Å². The lowest BCUT2D eigenvalue weighted by Gasteiger charge is -2.32. The number of aromatic nitrogens is 4. The molecule has 1 aliphatic heterocycles. The zero-order valence-electron chi connectivity index (χ0n) is 17.1. The topological polar surface area (TPSA) is 93.0 Å². The van der Waals surface area contributed by atoms with E-state index in [1.807, 2.05) is 59.3 Å².